The summed E-state index contributed by atoms with van der Waals surface area (Å²) in [5.41, 5.74) is 2.58. The van der Waals surface area contributed by atoms with Crippen molar-refractivity contribution in [3.63, 3.8) is 0 Å². The van der Waals surface area contributed by atoms with Crippen LogP contribution in [-0.2, 0) is 13.1 Å². The third-order valence-electron chi connectivity index (χ3n) is 5.14. The predicted molar refractivity (Wildman–Crippen MR) is 101 cm³/mol. The van der Waals surface area contributed by atoms with Gasteiger partial charge in [-0.3, -0.25) is 9.80 Å². The first-order valence-corrected chi connectivity index (χ1v) is 9.12. The van der Waals surface area contributed by atoms with Crippen LogP contribution < -0.4 is 5.63 Å². The SMILES string of the molecule is Cc1cc(CN2CCN(Cc3cc(=O)oc4c(C)c(O)ccc34)CC2)no1. The Labute approximate surface area is 156 Å². The Balaban J connectivity index is 1.46. The van der Waals surface area contributed by atoms with E-state index in [0.717, 1.165) is 55.1 Å². The first-order chi connectivity index (χ1) is 13.0. The van der Waals surface area contributed by atoms with Crippen LogP contribution in [0.15, 0.2) is 38.0 Å². The maximum Gasteiger partial charge on any atom is 0.336 e. The van der Waals surface area contributed by atoms with E-state index in [9.17, 15) is 9.90 Å². The predicted octanol–water partition coefficient (Wildman–Crippen LogP) is 2.42. The van der Waals surface area contributed by atoms with E-state index in [0.29, 0.717) is 17.7 Å². The summed E-state index contributed by atoms with van der Waals surface area (Å²) in [6.07, 6.45) is 0. The average molecular weight is 369 g/mol. The third kappa shape index (κ3) is 3.74. The highest BCUT2D eigenvalue weighted by Crippen LogP contribution is 2.28. The molecule has 0 radical (unpaired) electrons. The van der Waals surface area contributed by atoms with Gasteiger partial charge in [-0.15, -0.1) is 0 Å². The van der Waals surface area contributed by atoms with Gasteiger partial charge in [-0.05, 0) is 31.5 Å². The van der Waals surface area contributed by atoms with Gasteiger partial charge in [-0.25, -0.2) is 4.79 Å². The molecule has 1 saturated heterocycles. The quantitative estimate of drug-likeness (QED) is 0.707. The fourth-order valence-corrected chi connectivity index (χ4v) is 3.61. The van der Waals surface area contributed by atoms with Gasteiger partial charge in [0.15, 0.2) is 0 Å². The molecule has 0 aliphatic carbocycles. The van der Waals surface area contributed by atoms with Gasteiger partial charge in [0.1, 0.15) is 17.1 Å². The lowest BCUT2D eigenvalue weighted by atomic mass is 10.1. The monoisotopic (exact) mass is 369 g/mol. The van der Waals surface area contributed by atoms with Gasteiger partial charge >= 0.3 is 5.63 Å². The summed E-state index contributed by atoms with van der Waals surface area (Å²) in [6, 6.07) is 7.00. The molecule has 1 aliphatic rings. The number of phenolic OH excluding ortho intramolecular Hbond substituents is 1. The molecule has 3 heterocycles. The average Bonchev–Trinajstić information content (AvgIpc) is 3.05. The van der Waals surface area contributed by atoms with Gasteiger partial charge in [-0.2, -0.15) is 0 Å². The molecule has 1 fully saturated rings. The van der Waals surface area contributed by atoms with Crippen molar-refractivity contribution in [1.29, 1.82) is 0 Å². The zero-order valence-corrected chi connectivity index (χ0v) is 15.6. The van der Waals surface area contributed by atoms with Crippen LogP contribution in [0.25, 0.3) is 11.0 Å². The number of hydrogen-bond acceptors (Lipinski definition) is 7. The third-order valence-corrected chi connectivity index (χ3v) is 5.14. The summed E-state index contributed by atoms with van der Waals surface area (Å²) in [5, 5.41) is 14.8. The largest absolute Gasteiger partial charge is 0.508 e. The summed E-state index contributed by atoms with van der Waals surface area (Å²) >= 11 is 0. The molecule has 0 amide bonds. The number of aromatic hydroxyl groups is 1. The highest BCUT2D eigenvalue weighted by molar-refractivity contribution is 5.84. The maximum absolute atomic E-state index is 12.0. The number of aryl methyl sites for hydroxylation is 2. The number of rotatable bonds is 4. The Bertz CT molecular complexity index is 1020. The highest BCUT2D eigenvalue weighted by Gasteiger charge is 2.20. The number of phenols is 1. The van der Waals surface area contributed by atoms with E-state index in [-0.39, 0.29) is 11.4 Å². The Morgan fingerprint density at radius 1 is 1.07 bits per heavy atom. The lowest BCUT2D eigenvalue weighted by molar-refractivity contribution is 0.120. The fourth-order valence-electron chi connectivity index (χ4n) is 3.61. The molecular weight excluding hydrogens is 346 g/mol. The van der Waals surface area contributed by atoms with Crippen LogP contribution >= 0.6 is 0 Å². The van der Waals surface area contributed by atoms with Crippen molar-refractivity contribution in [3.05, 3.63) is 57.3 Å². The van der Waals surface area contributed by atoms with Crippen molar-refractivity contribution >= 4 is 11.0 Å². The van der Waals surface area contributed by atoms with Crippen LogP contribution in [0.4, 0.5) is 0 Å². The Morgan fingerprint density at radius 3 is 2.44 bits per heavy atom. The Kier molecular flexibility index (Phi) is 4.72. The minimum Gasteiger partial charge on any atom is -0.508 e. The molecule has 2 aromatic heterocycles. The van der Waals surface area contributed by atoms with Crippen LogP contribution in [0.2, 0.25) is 0 Å². The van der Waals surface area contributed by atoms with E-state index in [4.69, 9.17) is 8.94 Å². The van der Waals surface area contributed by atoms with Crippen molar-refractivity contribution < 1.29 is 14.0 Å². The summed E-state index contributed by atoms with van der Waals surface area (Å²) in [6.45, 7) is 8.83. The van der Waals surface area contributed by atoms with Crippen molar-refractivity contribution in [1.82, 2.24) is 15.0 Å². The molecule has 0 spiro atoms. The van der Waals surface area contributed by atoms with Crippen molar-refractivity contribution in [2.24, 2.45) is 0 Å². The zero-order valence-electron chi connectivity index (χ0n) is 15.6. The Morgan fingerprint density at radius 2 is 1.78 bits per heavy atom. The Hall–Kier alpha value is -2.64. The minimum atomic E-state index is -0.383. The van der Waals surface area contributed by atoms with E-state index in [2.05, 4.69) is 15.0 Å². The molecule has 3 aromatic rings. The molecule has 1 N–H and O–H groups in total. The molecule has 0 atom stereocenters. The molecule has 7 nitrogen and oxygen atoms in total. The van der Waals surface area contributed by atoms with Crippen molar-refractivity contribution in [2.75, 3.05) is 26.2 Å². The summed E-state index contributed by atoms with van der Waals surface area (Å²) in [4.78, 5) is 16.7. The van der Waals surface area contributed by atoms with E-state index in [1.54, 1.807) is 19.1 Å². The summed E-state index contributed by atoms with van der Waals surface area (Å²) in [5.74, 6) is 0.972. The molecule has 142 valence electrons. The molecule has 0 unspecified atom stereocenters. The van der Waals surface area contributed by atoms with Gasteiger partial charge in [-0.1, -0.05) is 5.16 Å². The molecule has 1 aromatic carbocycles. The lowest BCUT2D eigenvalue weighted by Gasteiger charge is -2.34. The number of benzene rings is 1. The molecule has 27 heavy (non-hydrogen) atoms. The van der Waals surface area contributed by atoms with Gasteiger partial charge in [0.25, 0.3) is 0 Å². The van der Waals surface area contributed by atoms with Gasteiger partial charge in [0, 0.05) is 62.4 Å². The van der Waals surface area contributed by atoms with Gasteiger partial charge in [0.2, 0.25) is 0 Å². The molecule has 0 saturated carbocycles. The number of fused-ring (bicyclic) bond motifs is 1. The fraction of sp³-hybridized carbons (Fsp3) is 0.400. The first-order valence-electron chi connectivity index (χ1n) is 9.12. The summed E-state index contributed by atoms with van der Waals surface area (Å²) < 4.78 is 10.5. The summed E-state index contributed by atoms with van der Waals surface area (Å²) in [7, 11) is 0. The number of piperazine rings is 1. The zero-order chi connectivity index (χ0) is 19.0. The van der Waals surface area contributed by atoms with Crippen LogP contribution in [0.3, 0.4) is 0 Å². The molecule has 4 rings (SSSR count). The molecule has 7 heteroatoms. The van der Waals surface area contributed by atoms with Crippen LogP contribution in [0.1, 0.15) is 22.6 Å². The second-order valence-corrected chi connectivity index (χ2v) is 7.16. The van der Waals surface area contributed by atoms with Crippen molar-refractivity contribution in [3.8, 4) is 5.75 Å². The van der Waals surface area contributed by atoms with Gasteiger partial charge in [0.05, 0.1) is 5.69 Å². The van der Waals surface area contributed by atoms with Crippen LogP contribution in [-0.4, -0.2) is 46.2 Å². The van der Waals surface area contributed by atoms with Crippen LogP contribution in [0.5, 0.6) is 5.75 Å². The van der Waals surface area contributed by atoms with E-state index in [1.165, 1.54) is 0 Å². The second-order valence-electron chi connectivity index (χ2n) is 7.16. The molecule has 1 aliphatic heterocycles. The second kappa shape index (κ2) is 7.17. The number of aromatic nitrogens is 1. The van der Waals surface area contributed by atoms with E-state index >= 15 is 0 Å². The van der Waals surface area contributed by atoms with Gasteiger partial charge < -0.3 is 14.0 Å². The molecular formula is C20H23N3O4. The lowest BCUT2D eigenvalue weighted by Crippen LogP contribution is -2.45. The number of hydrogen-bond donors (Lipinski definition) is 1. The van der Waals surface area contributed by atoms with Crippen molar-refractivity contribution in [2.45, 2.75) is 26.9 Å². The normalized spacial score (nSPS) is 16.2. The highest BCUT2D eigenvalue weighted by atomic mass is 16.5. The minimum absolute atomic E-state index is 0.138. The topological polar surface area (TPSA) is 83.0 Å². The van der Waals surface area contributed by atoms with Crippen LogP contribution in [0, 0.1) is 13.8 Å². The maximum atomic E-state index is 12.0. The molecule has 0 bridgehead atoms. The first kappa shape index (κ1) is 17.8. The number of nitrogens with zero attached hydrogens (tertiary/aromatic N) is 3. The van der Waals surface area contributed by atoms with E-state index < -0.39 is 0 Å². The smallest absolute Gasteiger partial charge is 0.336 e. The standard InChI is InChI=1S/C20H23N3O4/c1-13-9-16(21-27-13)12-23-7-5-22(6-8-23)11-15-10-19(25)26-20-14(2)18(24)4-3-17(15)20/h3-4,9-10,24H,5-8,11-12H2,1-2H3. The van der Waals surface area contributed by atoms with E-state index in [1.807, 2.05) is 19.1 Å².